The van der Waals surface area contributed by atoms with Crippen LogP contribution in [-0.4, -0.2) is 53.7 Å². The Morgan fingerprint density at radius 3 is 2.21 bits per heavy atom. The third-order valence-corrected chi connectivity index (χ3v) is 6.86. The van der Waals surface area contributed by atoms with E-state index in [1.54, 1.807) is 4.90 Å². The maximum absolute atomic E-state index is 12.7. The van der Waals surface area contributed by atoms with Crippen molar-refractivity contribution in [3.63, 3.8) is 0 Å². The van der Waals surface area contributed by atoms with Crippen LogP contribution in [0.5, 0.6) is 0 Å². The lowest BCUT2D eigenvalue weighted by Gasteiger charge is -2.22. The Morgan fingerprint density at radius 2 is 1.67 bits per heavy atom. The Hall–Kier alpha value is -3.35. The Bertz CT molecular complexity index is 1010. The average Bonchev–Trinajstić information content (AvgIpc) is 3.35. The topological polar surface area (TPSA) is 95.9 Å². The van der Waals surface area contributed by atoms with Crippen LogP contribution in [0.4, 0.5) is 4.79 Å². The first-order valence-corrected chi connectivity index (χ1v) is 11.5. The number of hydrogen-bond acceptors (Lipinski definition) is 4. The lowest BCUT2D eigenvalue weighted by atomic mass is 9.98. The second-order valence-electron chi connectivity index (χ2n) is 9.00. The number of nitrogens with one attached hydrogen (secondary N) is 1. The lowest BCUT2D eigenvalue weighted by molar-refractivity contribution is -0.142. The van der Waals surface area contributed by atoms with Gasteiger partial charge in [-0.1, -0.05) is 62.4 Å². The summed E-state index contributed by atoms with van der Waals surface area (Å²) in [4.78, 5) is 38.2. The molecule has 2 aromatic carbocycles. The van der Waals surface area contributed by atoms with E-state index in [1.807, 2.05) is 38.1 Å². The summed E-state index contributed by atoms with van der Waals surface area (Å²) >= 11 is 0. The molecule has 7 nitrogen and oxygen atoms in total. The van der Waals surface area contributed by atoms with E-state index in [1.165, 1.54) is 11.1 Å². The van der Waals surface area contributed by atoms with Gasteiger partial charge in [0.1, 0.15) is 6.61 Å². The minimum Gasteiger partial charge on any atom is -0.481 e. The number of carboxylic acid groups (broad SMARTS) is 1. The lowest BCUT2D eigenvalue weighted by Crippen LogP contribution is -2.40. The van der Waals surface area contributed by atoms with Crippen molar-refractivity contribution >= 4 is 18.0 Å². The number of aliphatic carboxylic acids is 1. The van der Waals surface area contributed by atoms with E-state index in [0.717, 1.165) is 11.1 Å². The molecule has 2 aromatic rings. The number of carbonyl (C=O) groups is 3. The van der Waals surface area contributed by atoms with Gasteiger partial charge < -0.3 is 20.1 Å². The zero-order valence-corrected chi connectivity index (χ0v) is 19.0. The van der Waals surface area contributed by atoms with E-state index < -0.39 is 18.0 Å². The van der Waals surface area contributed by atoms with Gasteiger partial charge >= 0.3 is 12.1 Å². The highest BCUT2D eigenvalue weighted by atomic mass is 16.5. The number of carbonyl (C=O) groups excluding carboxylic acids is 2. The largest absolute Gasteiger partial charge is 0.481 e. The molecule has 2 aliphatic rings. The van der Waals surface area contributed by atoms with Gasteiger partial charge in [0, 0.05) is 31.5 Å². The molecule has 33 heavy (non-hydrogen) atoms. The van der Waals surface area contributed by atoms with Gasteiger partial charge in [-0.2, -0.15) is 0 Å². The number of benzene rings is 2. The van der Waals surface area contributed by atoms with Crippen LogP contribution in [0.15, 0.2) is 48.5 Å². The molecule has 1 saturated heterocycles. The first kappa shape index (κ1) is 22.8. The van der Waals surface area contributed by atoms with Crippen LogP contribution in [0.25, 0.3) is 11.1 Å². The number of ether oxygens (including phenoxy) is 1. The summed E-state index contributed by atoms with van der Waals surface area (Å²) in [6, 6.07) is 15.9. The molecule has 0 saturated carbocycles. The zero-order valence-electron chi connectivity index (χ0n) is 19.0. The summed E-state index contributed by atoms with van der Waals surface area (Å²) in [5, 5.41) is 12.1. The Morgan fingerprint density at radius 1 is 1.06 bits per heavy atom. The van der Waals surface area contributed by atoms with Crippen molar-refractivity contribution < 1.29 is 24.2 Å². The van der Waals surface area contributed by atoms with Crippen LogP contribution in [0.1, 0.15) is 43.7 Å². The van der Waals surface area contributed by atoms with Crippen LogP contribution < -0.4 is 5.32 Å². The minimum absolute atomic E-state index is 0.0242. The average molecular weight is 451 g/mol. The van der Waals surface area contributed by atoms with E-state index in [2.05, 4.69) is 29.6 Å². The predicted molar refractivity (Wildman–Crippen MR) is 124 cm³/mol. The van der Waals surface area contributed by atoms with Crippen LogP contribution in [0, 0.1) is 11.8 Å². The van der Waals surface area contributed by atoms with Gasteiger partial charge in [-0.3, -0.25) is 9.59 Å². The standard InChI is InChI=1S/C26H30N2O5/c1-3-17(12-24(29)28-13-16(2)22(14-28)25(30)31)27-26(32)33-15-23-20-10-6-4-8-18(20)19-9-5-7-11-21(19)23/h4-11,16-17,22-23H,3,12-15H2,1-2H3,(H,27,32)(H,30,31)/t16-,17+,22-/m0/s1. The zero-order chi connectivity index (χ0) is 23.5. The molecule has 1 heterocycles. The highest BCUT2D eigenvalue weighted by Gasteiger charge is 2.37. The van der Waals surface area contributed by atoms with E-state index >= 15 is 0 Å². The molecule has 0 aromatic heterocycles. The van der Waals surface area contributed by atoms with Crippen LogP contribution in [-0.2, 0) is 14.3 Å². The van der Waals surface area contributed by atoms with Gasteiger partial charge in [0.2, 0.25) is 5.91 Å². The summed E-state index contributed by atoms with van der Waals surface area (Å²) in [5.41, 5.74) is 4.62. The van der Waals surface area contributed by atoms with Crippen molar-refractivity contribution in [2.45, 2.75) is 38.6 Å². The monoisotopic (exact) mass is 450 g/mol. The molecule has 1 fully saturated rings. The van der Waals surface area contributed by atoms with Crippen LogP contribution >= 0.6 is 0 Å². The van der Waals surface area contributed by atoms with Crippen LogP contribution in [0.3, 0.4) is 0 Å². The maximum atomic E-state index is 12.7. The highest BCUT2D eigenvalue weighted by molar-refractivity contribution is 5.81. The SMILES string of the molecule is CC[C@H](CC(=O)N1C[C@H](C(=O)O)[C@@H](C)C1)NC(=O)OCC1c2ccccc2-c2ccccc21. The van der Waals surface area contributed by atoms with Gasteiger partial charge in [0.25, 0.3) is 0 Å². The summed E-state index contributed by atoms with van der Waals surface area (Å²) < 4.78 is 5.59. The maximum Gasteiger partial charge on any atom is 0.407 e. The fourth-order valence-corrected chi connectivity index (χ4v) is 4.94. The molecule has 0 spiro atoms. The van der Waals surface area contributed by atoms with Crippen molar-refractivity contribution in [2.24, 2.45) is 11.8 Å². The number of hydrogen-bond donors (Lipinski definition) is 2. The number of alkyl carbamates (subject to hydrolysis) is 1. The number of likely N-dealkylation sites (tertiary alicyclic amines) is 1. The van der Waals surface area contributed by atoms with Crippen molar-refractivity contribution in [2.75, 3.05) is 19.7 Å². The second kappa shape index (κ2) is 9.65. The molecule has 3 atom stereocenters. The van der Waals surface area contributed by atoms with E-state index in [0.29, 0.717) is 13.0 Å². The molecule has 7 heteroatoms. The smallest absolute Gasteiger partial charge is 0.407 e. The fraction of sp³-hybridized carbons (Fsp3) is 0.423. The molecule has 0 radical (unpaired) electrons. The van der Waals surface area contributed by atoms with Gasteiger partial charge in [0.15, 0.2) is 0 Å². The fourth-order valence-electron chi connectivity index (χ4n) is 4.94. The molecule has 174 valence electrons. The number of carboxylic acids is 1. The summed E-state index contributed by atoms with van der Waals surface area (Å²) in [6.45, 7) is 4.61. The summed E-state index contributed by atoms with van der Waals surface area (Å²) in [6.07, 6.45) is 0.149. The van der Waals surface area contributed by atoms with Crippen LogP contribution in [0.2, 0.25) is 0 Å². The van der Waals surface area contributed by atoms with Crippen molar-refractivity contribution in [1.29, 1.82) is 0 Å². The number of nitrogens with zero attached hydrogens (tertiary/aromatic N) is 1. The Kier molecular flexibility index (Phi) is 6.67. The normalized spacial score (nSPS) is 20.1. The highest BCUT2D eigenvalue weighted by Crippen LogP contribution is 2.44. The summed E-state index contributed by atoms with van der Waals surface area (Å²) in [7, 11) is 0. The molecule has 1 aliphatic carbocycles. The van der Waals surface area contributed by atoms with Gasteiger partial charge in [-0.25, -0.2) is 4.79 Å². The molecular formula is C26H30N2O5. The third kappa shape index (κ3) is 4.72. The second-order valence-corrected chi connectivity index (χ2v) is 9.00. The predicted octanol–water partition coefficient (Wildman–Crippen LogP) is 3.87. The quantitative estimate of drug-likeness (QED) is 0.668. The molecule has 4 rings (SSSR count). The Labute approximate surface area is 193 Å². The number of fused-ring (bicyclic) bond motifs is 3. The van der Waals surface area contributed by atoms with Gasteiger partial charge in [-0.05, 0) is 34.6 Å². The van der Waals surface area contributed by atoms with E-state index in [-0.39, 0.29) is 43.4 Å². The van der Waals surface area contributed by atoms with Gasteiger partial charge in [0.05, 0.1) is 5.92 Å². The van der Waals surface area contributed by atoms with Gasteiger partial charge in [-0.15, -0.1) is 0 Å². The molecule has 2 N–H and O–H groups in total. The molecule has 0 bridgehead atoms. The molecule has 0 unspecified atom stereocenters. The summed E-state index contributed by atoms with van der Waals surface area (Å²) in [5.74, 6) is -1.66. The number of rotatable bonds is 7. The van der Waals surface area contributed by atoms with Crippen molar-refractivity contribution in [3.05, 3.63) is 59.7 Å². The third-order valence-electron chi connectivity index (χ3n) is 6.86. The van der Waals surface area contributed by atoms with E-state index in [4.69, 9.17) is 4.74 Å². The first-order chi connectivity index (χ1) is 15.9. The molecule has 2 amide bonds. The first-order valence-electron chi connectivity index (χ1n) is 11.5. The molecular weight excluding hydrogens is 420 g/mol. The van der Waals surface area contributed by atoms with Crippen molar-refractivity contribution in [1.82, 2.24) is 10.2 Å². The van der Waals surface area contributed by atoms with Crippen molar-refractivity contribution in [3.8, 4) is 11.1 Å². The molecule has 1 aliphatic heterocycles. The van der Waals surface area contributed by atoms with E-state index in [9.17, 15) is 19.5 Å². The minimum atomic E-state index is -0.874. The number of amides is 2. The Balaban J connectivity index is 1.33.